The van der Waals surface area contributed by atoms with Gasteiger partial charge in [-0.25, -0.2) is 0 Å². The minimum Gasteiger partial charge on any atom is -0.455 e. The fraction of sp³-hybridized carbons (Fsp3) is 0. The molecule has 0 radical (unpaired) electrons. The van der Waals surface area contributed by atoms with Crippen molar-refractivity contribution in [1.82, 2.24) is 4.57 Å². The first-order valence-corrected chi connectivity index (χ1v) is 23.6. The number of furan rings is 1. The minimum atomic E-state index is 0.904. The molecule has 2 heterocycles. The van der Waals surface area contributed by atoms with E-state index in [2.05, 4.69) is 264 Å². The molecule has 0 saturated carbocycles. The molecule has 0 bridgehead atoms. The van der Waals surface area contributed by atoms with Crippen LogP contribution in [0.3, 0.4) is 0 Å². The third-order valence-electron chi connectivity index (χ3n) is 13.6. The molecule has 0 saturated heterocycles. The summed E-state index contributed by atoms with van der Waals surface area (Å²) in [6, 6.07) is 96.1. The van der Waals surface area contributed by atoms with Gasteiger partial charge in [-0.3, -0.25) is 0 Å². The SMILES string of the molecule is c1ccc(-c2ccc(-c3ccccc3N(c3ccc(-c4cccc(-c5cccc6c5oc5ccccc56)c4)cc3)c3ccc(-c4ccccc4-n4c5ccccc5c5ccccc54)cc3)cc2)cc1. The van der Waals surface area contributed by atoms with Gasteiger partial charge in [-0.2, -0.15) is 0 Å². The van der Waals surface area contributed by atoms with Crippen molar-refractivity contribution in [3.05, 3.63) is 267 Å². The highest BCUT2D eigenvalue weighted by Crippen LogP contribution is 2.44. The summed E-state index contributed by atoms with van der Waals surface area (Å²) < 4.78 is 8.87. The highest BCUT2D eigenvalue weighted by molar-refractivity contribution is 6.11. The molecule has 0 fully saturated rings. The molecular weight excluding hydrogens is 837 g/mol. The van der Waals surface area contributed by atoms with E-state index in [1.807, 2.05) is 12.1 Å². The van der Waals surface area contributed by atoms with Crippen LogP contribution in [0, 0.1) is 0 Å². The number of aromatic nitrogens is 1. The molecule has 0 aliphatic carbocycles. The van der Waals surface area contributed by atoms with E-state index in [1.165, 1.54) is 38.5 Å². The Hall–Kier alpha value is -9.18. The fourth-order valence-electron chi connectivity index (χ4n) is 10.3. The van der Waals surface area contributed by atoms with Crippen molar-refractivity contribution < 1.29 is 4.42 Å². The Bertz CT molecular complexity index is 3940. The molecule has 324 valence electrons. The summed E-state index contributed by atoms with van der Waals surface area (Å²) in [7, 11) is 0. The van der Waals surface area contributed by atoms with Crippen LogP contribution in [0.15, 0.2) is 271 Å². The lowest BCUT2D eigenvalue weighted by atomic mass is 9.97. The number of rotatable bonds is 9. The molecule has 11 aromatic carbocycles. The summed E-state index contributed by atoms with van der Waals surface area (Å²) in [5.41, 5.74) is 20.1. The molecule has 13 rings (SSSR count). The quantitative estimate of drug-likeness (QED) is 0.144. The van der Waals surface area contributed by atoms with Gasteiger partial charge < -0.3 is 13.9 Å². The van der Waals surface area contributed by atoms with E-state index in [0.717, 1.165) is 83.6 Å². The predicted molar refractivity (Wildman–Crippen MR) is 290 cm³/mol. The van der Waals surface area contributed by atoms with Gasteiger partial charge in [-0.1, -0.05) is 206 Å². The number of hydrogen-bond donors (Lipinski definition) is 0. The topological polar surface area (TPSA) is 21.3 Å². The maximum atomic E-state index is 6.46. The summed E-state index contributed by atoms with van der Waals surface area (Å²) in [6.07, 6.45) is 0. The smallest absolute Gasteiger partial charge is 0.143 e. The molecule has 3 nitrogen and oxygen atoms in total. The molecular formula is C66H44N2O. The maximum absolute atomic E-state index is 6.46. The van der Waals surface area contributed by atoms with Crippen molar-refractivity contribution in [2.24, 2.45) is 0 Å². The molecule has 0 atom stereocenters. The van der Waals surface area contributed by atoms with E-state index in [9.17, 15) is 0 Å². The molecule has 3 heteroatoms. The lowest BCUT2D eigenvalue weighted by molar-refractivity contribution is 0.670. The van der Waals surface area contributed by atoms with Gasteiger partial charge >= 0.3 is 0 Å². The van der Waals surface area contributed by atoms with Crippen LogP contribution in [0.1, 0.15) is 0 Å². The Morgan fingerprint density at radius 1 is 0.290 bits per heavy atom. The molecule has 0 amide bonds. The second kappa shape index (κ2) is 16.9. The summed E-state index contributed by atoms with van der Waals surface area (Å²) in [5.74, 6) is 0. The molecule has 0 unspecified atom stereocenters. The third kappa shape index (κ3) is 7.08. The van der Waals surface area contributed by atoms with Crippen LogP contribution in [-0.2, 0) is 0 Å². The van der Waals surface area contributed by atoms with Gasteiger partial charge in [0.25, 0.3) is 0 Å². The predicted octanol–water partition coefficient (Wildman–Crippen LogP) is 18.5. The minimum absolute atomic E-state index is 0.904. The molecule has 69 heavy (non-hydrogen) atoms. The maximum Gasteiger partial charge on any atom is 0.143 e. The zero-order valence-corrected chi connectivity index (χ0v) is 37.7. The van der Waals surface area contributed by atoms with Crippen LogP contribution in [-0.4, -0.2) is 4.57 Å². The average molecular weight is 881 g/mol. The largest absolute Gasteiger partial charge is 0.455 e. The lowest BCUT2D eigenvalue weighted by Crippen LogP contribution is -2.11. The second-order valence-electron chi connectivity index (χ2n) is 17.6. The lowest BCUT2D eigenvalue weighted by Gasteiger charge is -2.28. The Labute approximate surface area is 401 Å². The van der Waals surface area contributed by atoms with E-state index in [1.54, 1.807) is 0 Å². The third-order valence-corrected chi connectivity index (χ3v) is 13.6. The first-order valence-electron chi connectivity index (χ1n) is 23.6. The summed E-state index contributed by atoms with van der Waals surface area (Å²) in [5, 5.41) is 4.77. The van der Waals surface area contributed by atoms with Crippen LogP contribution in [0.4, 0.5) is 17.1 Å². The monoisotopic (exact) mass is 880 g/mol. The van der Waals surface area contributed by atoms with Crippen molar-refractivity contribution in [3.8, 4) is 61.3 Å². The molecule has 0 aliphatic heterocycles. The molecule has 2 aromatic heterocycles. The zero-order valence-electron chi connectivity index (χ0n) is 37.7. The number of anilines is 3. The van der Waals surface area contributed by atoms with Crippen molar-refractivity contribution in [2.75, 3.05) is 4.90 Å². The van der Waals surface area contributed by atoms with Gasteiger partial charge in [0, 0.05) is 49.6 Å². The average Bonchev–Trinajstić information content (AvgIpc) is 3.98. The Morgan fingerprint density at radius 2 is 0.754 bits per heavy atom. The van der Waals surface area contributed by atoms with E-state index in [4.69, 9.17) is 4.42 Å². The zero-order chi connectivity index (χ0) is 45.7. The number of para-hydroxylation sites is 6. The van der Waals surface area contributed by atoms with Crippen LogP contribution < -0.4 is 4.90 Å². The van der Waals surface area contributed by atoms with Crippen molar-refractivity contribution in [3.63, 3.8) is 0 Å². The van der Waals surface area contributed by atoms with Crippen LogP contribution in [0.2, 0.25) is 0 Å². The van der Waals surface area contributed by atoms with Crippen molar-refractivity contribution >= 4 is 60.8 Å². The summed E-state index contributed by atoms with van der Waals surface area (Å²) >= 11 is 0. The van der Waals surface area contributed by atoms with Gasteiger partial charge in [-0.05, 0) is 99.6 Å². The van der Waals surface area contributed by atoms with Crippen LogP contribution >= 0.6 is 0 Å². The van der Waals surface area contributed by atoms with Gasteiger partial charge in [0.1, 0.15) is 11.2 Å². The second-order valence-corrected chi connectivity index (χ2v) is 17.6. The fourth-order valence-corrected chi connectivity index (χ4v) is 10.3. The molecule has 13 aromatic rings. The highest BCUT2D eigenvalue weighted by atomic mass is 16.3. The Kier molecular flexibility index (Phi) is 9.84. The Morgan fingerprint density at radius 3 is 1.49 bits per heavy atom. The van der Waals surface area contributed by atoms with E-state index in [-0.39, 0.29) is 0 Å². The van der Waals surface area contributed by atoms with E-state index < -0.39 is 0 Å². The number of benzene rings is 11. The standard InChI is InChI=1S/C66H44N2O/c1-2-16-45(17-3-1)46-32-34-48(35-33-46)54-20-4-9-27-61(54)67(52-40-36-47(37-41-52)50-18-14-19-51(44-50)56-25-15-26-60-59-24-8-13-31-65(59)69-66(56)60)53-42-38-49(39-43-53)55-21-5-10-28-62(55)68-63-29-11-6-22-57(63)58-23-7-12-30-64(58)68/h1-44H. The molecule has 0 aliphatic rings. The van der Waals surface area contributed by atoms with Crippen molar-refractivity contribution in [2.45, 2.75) is 0 Å². The van der Waals surface area contributed by atoms with Crippen molar-refractivity contribution in [1.29, 1.82) is 0 Å². The highest BCUT2D eigenvalue weighted by Gasteiger charge is 2.20. The first kappa shape index (κ1) is 40.1. The molecule has 0 spiro atoms. The van der Waals surface area contributed by atoms with Crippen LogP contribution in [0.25, 0.3) is 105 Å². The van der Waals surface area contributed by atoms with Crippen LogP contribution in [0.5, 0.6) is 0 Å². The van der Waals surface area contributed by atoms with E-state index >= 15 is 0 Å². The summed E-state index contributed by atoms with van der Waals surface area (Å²) in [4.78, 5) is 2.39. The van der Waals surface area contributed by atoms with E-state index in [0.29, 0.717) is 0 Å². The van der Waals surface area contributed by atoms with Gasteiger partial charge in [0.2, 0.25) is 0 Å². The van der Waals surface area contributed by atoms with Gasteiger partial charge in [-0.15, -0.1) is 0 Å². The first-order chi connectivity index (χ1) is 34.2. The number of hydrogen-bond acceptors (Lipinski definition) is 2. The Balaban J connectivity index is 0.905. The molecule has 0 N–H and O–H groups in total. The van der Waals surface area contributed by atoms with Gasteiger partial charge in [0.15, 0.2) is 0 Å². The number of fused-ring (bicyclic) bond motifs is 6. The summed E-state index contributed by atoms with van der Waals surface area (Å²) in [6.45, 7) is 0. The normalized spacial score (nSPS) is 11.5. The number of nitrogens with zero attached hydrogens (tertiary/aromatic N) is 2. The van der Waals surface area contributed by atoms with Gasteiger partial charge in [0.05, 0.1) is 22.4 Å².